The van der Waals surface area contributed by atoms with Crippen LogP contribution in [0, 0.1) is 12.8 Å². The van der Waals surface area contributed by atoms with Crippen LogP contribution in [0.3, 0.4) is 0 Å². The van der Waals surface area contributed by atoms with Gasteiger partial charge in [0, 0.05) is 17.3 Å². The Morgan fingerprint density at radius 2 is 2.00 bits per heavy atom. The normalized spacial score (nSPS) is 12.9. The first-order chi connectivity index (χ1) is 7.41. The molecule has 0 fully saturated rings. The molecule has 90 valence electrons. The van der Waals surface area contributed by atoms with Gasteiger partial charge < -0.3 is 10.4 Å². The monoisotopic (exact) mass is 260 g/mol. The van der Waals surface area contributed by atoms with E-state index in [-0.39, 0.29) is 16.1 Å². The lowest BCUT2D eigenvalue weighted by Gasteiger charge is -2.20. The smallest absolute Gasteiger partial charge is 0.0531 e. The SMILES string of the molecule is Cc1cc(Cl)c([O-])c(NC[C@@H](Cl)C(C)C)c1. The zero-order chi connectivity index (χ0) is 12.3. The number of hydrogen-bond donors (Lipinski definition) is 1. The number of nitrogens with one attached hydrogen (secondary N) is 1. The van der Waals surface area contributed by atoms with Gasteiger partial charge in [0.15, 0.2) is 0 Å². The van der Waals surface area contributed by atoms with E-state index in [9.17, 15) is 5.11 Å². The van der Waals surface area contributed by atoms with Crippen molar-refractivity contribution in [2.75, 3.05) is 11.9 Å². The van der Waals surface area contributed by atoms with Crippen LogP contribution in [0.5, 0.6) is 5.75 Å². The number of hydrogen-bond acceptors (Lipinski definition) is 2. The van der Waals surface area contributed by atoms with Crippen LogP contribution < -0.4 is 10.4 Å². The lowest BCUT2D eigenvalue weighted by molar-refractivity contribution is -0.266. The Bertz CT molecular complexity index is 366. The van der Waals surface area contributed by atoms with Crippen molar-refractivity contribution in [3.8, 4) is 5.75 Å². The Morgan fingerprint density at radius 1 is 1.38 bits per heavy atom. The molecule has 1 aromatic carbocycles. The topological polar surface area (TPSA) is 35.1 Å². The molecule has 0 aromatic heterocycles. The maximum atomic E-state index is 11.7. The van der Waals surface area contributed by atoms with Crippen LogP contribution in [0.2, 0.25) is 5.02 Å². The molecule has 0 amide bonds. The number of alkyl halides is 1. The van der Waals surface area contributed by atoms with E-state index >= 15 is 0 Å². The van der Waals surface area contributed by atoms with E-state index < -0.39 is 0 Å². The first-order valence-corrected chi connectivity index (χ1v) is 6.08. The largest absolute Gasteiger partial charge is 0.870 e. The summed E-state index contributed by atoms with van der Waals surface area (Å²) in [5.74, 6) is 0.199. The van der Waals surface area contributed by atoms with Crippen LogP contribution in [0.4, 0.5) is 5.69 Å². The van der Waals surface area contributed by atoms with E-state index in [0.29, 0.717) is 18.2 Å². The Morgan fingerprint density at radius 3 is 2.56 bits per heavy atom. The van der Waals surface area contributed by atoms with E-state index in [2.05, 4.69) is 5.32 Å². The van der Waals surface area contributed by atoms with Gasteiger partial charge in [-0.05, 0) is 30.5 Å². The summed E-state index contributed by atoms with van der Waals surface area (Å²) >= 11 is 11.9. The Labute approximate surface area is 107 Å². The minimum Gasteiger partial charge on any atom is -0.870 e. The third-order valence-electron chi connectivity index (χ3n) is 2.40. The molecule has 0 aliphatic heterocycles. The zero-order valence-corrected chi connectivity index (χ0v) is 11.2. The number of aryl methyl sites for hydroxylation is 1. The summed E-state index contributed by atoms with van der Waals surface area (Å²) in [5, 5.41) is 15.0. The summed E-state index contributed by atoms with van der Waals surface area (Å²) in [4.78, 5) is 0. The van der Waals surface area contributed by atoms with Crippen molar-refractivity contribution in [3.05, 3.63) is 22.7 Å². The molecule has 0 spiro atoms. The van der Waals surface area contributed by atoms with E-state index in [1.807, 2.05) is 20.8 Å². The average molecular weight is 261 g/mol. The second kappa shape index (κ2) is 5.65. The fraction of sp³-hybridized carbons (Fsp3) is 0.500. The van der Waals surface area contributed by atoms with E-state index in [1.54, 1.807) is 12.1 Å². The maximum Gasteiger partial charge on any atom is 0.0531 e. The van der Waals surface area contributed by atoms with Gasteiger partial charge in [-0.2, -0.15) is 0 Å². The van der Waals surface area contributed by atoms with E-state index in [0.717, 1.165) is 5.56 Å². The second-order valence-electron chi connectivity index (χ2n) is 4.26. The van der Waals surface area contributed by atoms with Crippen LogP contribution in [0.1, 0.15) is 19.4 Å². The van der Waals surface area contributed by atoms with E-state index in [1.165, 1.54) is 0 Å². The minimum absolute atomic E-state index is 0.00122. The zero-order valence-electron chi connectivity index (χ0n) is 9.68. The Kier molecular flexibility index (Phi) is 4.75. The van der Waals surface area contributed by atoms with Crippen molar-refractivity contribution in [1.82, 2.24) is 0 Å². The minimum atomic E-state index is -0.167. The fourth-order valence-electron chi connectivity index (χ4n) is 1.30. The Hall–Kier alpha value is -0.600. The lowest BCUT2D eigenvalue weighted by Crippen LogP contribution is -2.20. The molecular formula is C12H16Cl2NO-. The highest BCUT2D eigenvalue weighted by atomic mass is 35.5. The molecule has 1 atom stereocenters. The van der Waals surface area contributed by atoms with Crippen LogP contribution in [-0.2, 0) is 0 Å². The average Bonchev–Trinajstić information content (AvgIpc) is 2.20. The highest BCUT2D eigenvalue weighted by Gasteiger charge is 2.09. The second-order valence-corrected chi connectivity index (χ2v) is 5.23. The third-order valence-corrected chi connectivity index (χ3v) is 3.34. The van der Waals surface area contributed by atoms with Crippen molar-refractivity contribution in [2.45, 2.75) is 26.1 Å². The molecule has 1 aromatic rings. The van der Waals surface area contributed by atoms with Crippen molar-refractivity contribution in [3.63, 3.8) is 0 Å². The molecule has 0 aliphatic rings. The highest BCUT2D eigenvalue weighted by molar-refractivity contribution is 6.32. The number of halogens is 2. The first-order valence-electron chi connectivity index (χ1n) is 5.27. The summed E-state index contributed by atoms with van der Waals surface area (Å²) in [5.41, 5.74) is 1.49. The van der Waals surface area contributed by atoms with Gasteiger partial charge in [0.05, 0.1) is 5.38 Å². The molecule has 0 aliphatic carbocycles. The van der Waals surface area contributed by atoms with Crippen molar-refractivity contribution >= 4 is 28.9 Å². The first kappa shape index (κ1) is 13.5. The molecule has 0 unspecified atom stereocenters. The molecule has 1 N–H and O–H groups in total. The van der Waals surface area contributed by atoms with Gasteiger partial charge >= 0.3 is 0 Å². The molecule has 0 saturated heterocycles. The number of anilines is 1. The summed E-state index contributed by atoms with van der Waals surface area (Å²) in [6, 6.07) is 3.45. The van der Waals surface area contributed by atoms with Crippen molar-refractivity contribution in [1.29, 1.82) is 0 Å². The van der Waals surface area contributed by atoms with Crippen LogP contribution >= 0.6 is 23.2 Å². The summed E-state index contributed by atoms with van der Waals surface area (Å²) in [7, 11) is 0. The molecule has 1 rings (SSSR count). The van der Waals surface area contributed by atoms with Crippen LogP contribution in [0.15, 0.2) is 12.1 Å². The molecule has 0 saturated carbocycles. The fourth-order valence-corrected chi connectivity index (χ4v) is 1.65. The standard InChI is InChI=1S/C12H17Cl2NO/c1-7(2)10(14)6-15-11-5-8(3)4-9(13)12(11)16/h4-5,7,10,15-16H,6H2,1-3H3/p-1/t10-/m1/s1. The van der Waals surface area contributed by atoms with Gasteiger partial charge in [-0.15, -0.1) is 11.6 Å². The van der Waals surface area contributed by atoms with E-state index in [4.69, 9.17) is 23.2 Å². The van der Waals surface area contributed by atoms with Gasteiger partial charge in [-0.1, -0.05) is 31.2 Å². The summed E-state index contributed by atoms with van der Waals surface area (Å²) < 4.78 is 0. The Balaban J connectivity index is 2.74. The molecule has 0 heterocycles. The molecule has 2 nitrogen and oxygen atoms in total. The molecule has 16 heavy (non-hydrogen) atoms. The quantitative estimate of drug-likeness (QED) is 0.843. The van der Waals surface area contributed by atoms with Gasteiger partial charge in [0.2, 0.25) is 0 Å². The number of benzene rings is 1. The highest BCUT2D eigenvalue weighted by Crippen LogP contribution is 2.30. The van der Waals surface area contributed by atoms with Gasteiger partial charge in [-0.3, -0.25) is 0 Å². The van der Waals surface area contributed by atoms with Crippen LogP contribution in [0.25, 0.3) is 0 Å². The third kappa shape index (κ3) is 3.46. The molecule has 4 heteroatoms. The predicted octanol–water partition coefficient (Wildman–Crippen LogP) is 3.40. The van der Waals surface area contributed by atoms with Gasteiger partial charge in [0.1, 0.15) is 0 Å². The lowest BCUT2D eigenvalue weighted by atomic mass is 10.1. The summed E-state index contributed by atoms with van der Waals surface area (Å²) in [6.45, 7) is 6.55. The molecule has 0 bridgehead atoms. The van der Waals surface area contributed by atoms with Crippen molar-refractivity contribution in [2.24, 2.45) is 5.92 Å². The van der Waals surface area contributed by atoms with Gasteiger partial charge in [0.25, 0.3) is 0 Å². The molecule has 0 radical (unpaired) electrons. The predicted molar refractivity (Wildman–Crippen MR) is 68.6 cm³/mol. The van der Waals surface area contributed by atoms with Crippen molar-refractivity contribution < 1.29 is 5.11 Å². The summed E-state index contributed by atoms with van der Waals surface area (Å²) in [6.07, 6.45) is 0. The maximum absolute atomic E-state index is 11.7. The number of rotatable bonds is 4. The van der Waals surface area contributed by atoms with Crippen LogP contribution in [-0.4, -0.2) is 11.9 Å². The molecular weight excluding hydrogens is 245 g/mol. The van der Waals surface area contributed by atoms with Gasteiger partial charge in [-0.25, -0.2) is 0 Å².